The number of sulfonamides is 1. The fourth-order valence-corrected chi connectivity index (χ4v) is 5.81. The lowest BCUT2D eigenvalue weighted by Gasteiger charge is -2.30. The first-order valence-corrected chi connectivity index (χ1v) is 11.4. The predicted molar refractivity (Wildman–Crippen MR) is 106 cm³/mol. The SMILES string of the molecule is CN(C1CCCCC1)S(=O)(=O)c1cccc(C(=O)NC2(CN)CCCC2)c1. The molecule has 0 bridgehead atoms. The summed E-state index contributed by atoms with van der Waals surface area (Å²) in [6.45, 7) is 0.404. The predicted octanol–water partition coefficient (Wildman–Crippen LogP) is 2.64. The summed E-state index contributed by atoms with van der Waals surface area (Å²) in [5.74, 6) is -0.250. The van der Waals surface area contributed by atoms with Crippen molar-refractivity contribution in [2.24, 2.45) is 5.73 Å². The van der Waals surface area contributed by atoms with Gasteiger partial charge in [-0.3, -0.25) is 4.79 Å². The van der Waals surface area contributed by atoms with Crippen molar-refractivity contribution in [2.45, 2.75) is 74.3 Å². The Bertz CT molecular complexity index is 766. The van der Waals surface area contributed by atoms with E-state index in [0.717, 1.165) is 51.4 Å². The Morgan fingerprint density at radius 1 is 1.19 bits per heavy atom. The molecule has 0 radical (unpaired) electrons. The third kappa shape index (κ3) is 4.36. The Hall–Kier alpha value is -1.44. The first kappa shape index (κ1) is 20.3. The Labute approximate surface area is 162 Å². The highest BCUT2D eigenvalue weighted by Gasteiger charge is 2.34. The molecule has 0 saturated heterocycles. The molecule has 1 amide bonds. The van der Waals surface area contributed by atoms with Gasteiger partial charge in [0.1, 0.15) is 0 Å². The van der Waals surface area contributed by atoms with Crippen molar-refractivity contribution in [2.75, 3.05) is 13.6 Å². The van der Waals surface area contributed by atoms with E-state index in [2.05, 4.69) is 5.32 Å². The molecule has 0 unspecified atom stereocenters. The molecular formula is C20H31N3O3S. The van der Waals surface area contributed by atoms with Crippen LogP contribution in [0.25, 0.3) is 0 Å². The molecule has 0 heterocycles. The van der Waals surface area contributed by atoms with E-state index in [4.69, 9.17) is 5.73 Å². The molecule has 27 heavy (non-hydrogen) atoms. The number of carbonyl (C=O) groups is 1. The second-order valence-corrected chi connectivity index (χ2v) is 9.98. The van der Waals surface area contributed by atoms with Gasteiger partial charge in [0.05, 0.1) is 10.4 Å². The Kier molecular flexibility index (Phi) is 6.23. The van der Waals surface area contributed by atoms with E-state index in [1.807, 2.05) is 0 Å². The van der Waals surface area contributed by atoms with Gasteiger partial charge in [0.25, 0.3) is 5.91 Å². The van der Waals surface area contributed by atoms with Crippen LogP contribution in [0.15, 0.2) is 29.2 Å². The van der Waals surface area contributed by atoms with Gasteiger partial charge in [0.2, 0.25) is 10.0 Å². The number of hydrogen-bond donors (Lipinski definition) is 2. The lowest BCUT2D eigenvalue weighted by atomic mass is 9.96. The quantitative estimate of drug-likeness (QED) is 0.777. The number of benzene rings is 1. The highest BCUT2D eigenvalue weighted by Crippen LogP contribution is 2.30. The molecule has 2 aliphatic rings. The minimum atomic E-state index is -3.61. The molecule has 2 fully saturated rings. The molecule has 0 atom stereocenters. The van der Waals surface area contributed by atoms with E-state index < -0.39 is 10.0 Å². The molecule has 1 aromatic carbocycles. The second-order valence-electron chi connectivity index (χ2n) is 7.99. The van der Waals surface area contributed by atoms with Crippen LogP contribution in [0, 0.1) is 0 Å². The van der Waals surface area contributed by atoms with Crippen molar-refractivity contribution in [1.29, 1.82) is 0 Å². The molecule has 2 saturated carbocycles. The van der Waals surface area contributed by atoms with Crippen LogP contribution in [0.5, 0.6) is 0 Å². The van der Waals surface area contributed by atoms with E-state index in [0.29, 0.717) is 12.1 Å². The van der Waals surface area contributed by atoms with Crippen molar-refractivity contribution in [3.05, 3.63) is 29.8 Å². The molecular weight excluding hydrogens is 362 g/mol. The maximum absolute atomic E-state index is 13.0. The van der Waals surface area contributed by atoms with E-state index in [9.17, 15) is 13.2 Å². The van der Waals surface area contributed by atoms with Crippen LogP contribution in [0.1, 0.15) is 68.1 Å². The van der Waals surface area contributed by atoms with Gasteiger partial charge >= 0.3 is 0 Å². The first-order valence-electron chi connectivity index (χ1n) is 9.99. The summed E-state index contributed by atoms with van der Waals surface area (Å²) in [6.07, 6.45) is 8.94. The van der Waals surface area contributed by atoms with Crippen LogP contribution in [0.4, 0.5) is 0 Å². The molecule has 2 aliphatic carbocycles. The van der Waals surface area contributed by atoms with Crippen LogP contribution < -0.4 is 11.1 Å². The maximum Gasteiger partial charge on any atom is 0.251 e. The van der Waals surface area contributed by atoms with E-state index in [1.165, 1.54) is 16.8 Å². The number of nitrogens with one attached hydrogen (secondary N) is 1. The number of hydrogen-bond acceptors (Lipinski definition) is 4. The molecule has 3 rings (SSSR count). The zero-order chi connectivity index (χ0) is 19.5. The van der Waals surface area contributed by atoms with Crippen LogP contribution in [-0.2, 0) is 10.0 Å². The monoisotopic (exact) mass is 393 g/mol. The standard InChI is InChI=1S/C20H31N3O3S/c1-23(17-9-3-2-4-10-17)27(25,26)18-11-7-8-16(14-18)19(24)22-20(15-21)12-5-6-13-20/h7-8,11,14,17H,2-6,9-10,12-13,15,21H2,1H3,(H,22,24). The molecule has 1 aromatic rings. The topological polar surface area (TPSA) is 92.5 Å². The van der Waals surface area contributed by atoms with E-state index >= 15 is 0 Å². The molecule has 150 valence electrons. The third-order valence-corrected chi connectivity index (χ3v) is 8.10. The van der Waals surface area contributed by atoms with Gasteiger partial charge < -0.3 is 11.1 Å². The van der Waals surface area contributed by atoms with Gasteiger partial charge in [-0.1, -0.05) is 38.2 Å². The molecule has 0 aromatic heterocycles. The molecule has 3 N–H and O–H groups in total. The molecule has 7 heteroatoms. The highest BCUT2D eigenvalue weighted by molar-refractivity contribution is 7.89. The van der Waals surface area contributed by atoms with Gasteiger partial charge in [-0.15, -0.1) is 0 Å². The minimum Gasteiger partial charge on any atom is -0.345 e. The maximum atomic E-state index is 13.0. The van der Waals surface area contributed by atoms with Crippen molar-refractivity contribution < 1.29 is 13.2 Å². The molecule has 6 nitrogen and oxygen atoms in total. The summed E-state index contributed by atoms with van der Waals surface area (Å²) in [7, 11) is -1.96. The van der Waals surface area contributed by atoms with Crippen molar-refractivity contribution >= 4 is 15.9 Å². The zero-order valence-corrected chi connectivity index (χ0v) is 16.9. The van der Waals surface area contributed by atoms with Gasteiger partial charge in [0.15, 0.2) is 0 Å². The van der Waals surface area contributed by atoms with Crippen LogP contribution in [0.3, 0.4) is 0 Å². The Morgan fingerprint density at radius 2 is 1.85 bits per heavy atom. The van der Waals surface area contributed by atoms with Crippen LogP contribution in [-0.4, -0.2) is 43.8 Å². The third-order valence-electron chi connectivity index (χ3n) is 6.19. The smallest absolute Gasteiger partial charge is 0.251 e. The van der Waals surface area contributed by atoms with Crippen molar-refractivity contribution in [1.82, 2.24) is 9.62 Å². The highest BCUT2D eigenvalue weighted by atomic mass is 32.2. The molecule has 0 aliphatic heterocycles. The van der Waals surface area contributed by atoms with Gasteiger partial charge in [-0.25, -0.2) is 8.42 Å². The lowest BCUT2D eigenvalue weighted by molar-refractivity contribution is 0.0903. The number of nitrogens with zero attached hydrogens (tertiary/aromatic N) is 1. The summed E-state index contributed by atoms with van der Waals surface area (Å²) in [6, 6.07) is 6.40. The average Bonchev–Trinajstić information content (AvgIpc) is 3.17. The van der Waals surface area contributed by atoms with Gasteiger partial charge in [-0.05, 0) is 43.9 Å². The minimum absolute atomic E-state index is 0.0419. The Balaban J connectivity index is 1.78. The van der Waals surface area contributed by atoms with Gasteiger partial charge in [-0.2, -0.15) is 4.31 Å². The number of amides is 1. The largest absolute Gasteiger partial charge is 0.345 e. The summed E-state index contributed by atoms with van der Waals surface area (Å²) in [4.78, 5) is 12.9. The lowest BCUT2D eigenvalue weighted by Crippen LogP contribution is -2.51. The zero-order valence-electron chi connectivity index (χ0n) is 16.1. The number of carbonyl (C=O) groups excluding carboxylic acids is 1. The number of rotatable bonds is 6. The van der Waals surface area contributed by atoms with E-state index in [-0.39, 0.29) is 22.4 Å². The number of nitrogens with two attached hydrogens (primary N) is 1. The Morgan fingerprint density at radius 3 is 2.48 bits per heavy atom. The summed E-state index contributed by atoms with van der Waals surface area (Å²) in [5.41, 5.74) is 5.91. The summed E-state index contributed by atoms with van der Waals surface area (Å²) in [5, 5.41) is 3.06. The van der Waals surface area contributed by atoms with Crippen molar-refractivity contribution in [3.8, 4) is 0 Å². The van der Waals surface area contributed by atoms with E-state index in [1.54, 1.807) is 25.2 Å². The first-order chi connectivity index (χ1) is 12.9. The van der Waals surface area contributed by atoms with Gasteiger partial charge in [0, 0.05) is 25.2 Å². The van der Waals surface area contributed by atoms with Crippen LogP contribution in [0.2, 0.25) is 0 Å². The van der Waals surface area contributed by atoms with Crippen molar-refractivity contribution in [3.63, 3.8) is 0 Å². The van der Waals surface area contributed by atoms with Crippen LogP contribution >= 0.6 is 0 Å². The fraction of sp³-hybridized carbons (Fsp3) is 0.650. The second kappa shape index (κ2) is 8.29. The molecule has 0 spiro atoms. The summed E-state index contributed by atoms with van der Waals surface area (Å²) >= 11 is 0. The summed E-state index contributed by atoms with van der Waals surface area (Å²) < 4.78 is 27.6. The average molecular weight is 394 g/mol. The normalized spacial score (nSPS) is 20.7. The fourth-order valence-electron chi connectivity index (χ4n) is 4.35.